The van der Waals surface area contributed by atoms with Gasteiger partial charge in [0.15, 0.2) is 0 Å². The molecule has 0 fully saturated rings. The first-order valence-electron chi connectivity index (χ1n) is 9.30. The van der Waals surface area contributed by atoms with Crippen LogP contribution < -0.4 is 0 Å². The Morgan fingerprint density at radius 3 is 2.11 bits per heavy atom. The van der Waals surface area contributed by atoms with Crippen LogP contribution in [-0.4, -0.2) is 4.98 Å². The molecule has 0 atom stereocenters. The second-order valence-electron chi connectivity index (χ2n) is 6.86. The van der Waals surface area contributed by atoms with Gasteiger partial charge in [0.05, 0.1) is 17.3 Å². The molecule has 0 aliphatic heterocycles. The highest BCUT2D eigenvalue weighted by molar-refractivity contribution is 5.80. The molecule has 2 heteroatoms. The fraction of sp³-hybridized carbons (Fsp3) is 0.0769. The Bertz CT molecular complexity index is 1180. The van der Waals surface area contributed by atoms with Crippen LogP contribution in [0.1, 0.15) is 16.7 Å². The third-order valence-electron chi connectivity index (χ3n) is 5.22. The largest absolute Gasteiger partial charge is 0.256 e. The minimum absolute atomic E-state index is 0.714. The van der Waals surface area contributed by atoms with Crippen LogP contribution in [0.25, 0.3) is 33.5 Å². The predicted molar refractivity (Wildman–Crippen MR) is 115 cm³/mol. The van der Waals surface area contributed by atoms with Crippen LogP contribution in [0.15, 0.2) is 85.1 Å². The van der Waals surface area contributed by atoms with Gasteiger partial charge in [0.1, 0.15) is 0 Å². The number of rotatable bonds is 3. The van der Waals surface area contributed by atoms with Gasteiger partial charge < -0.3 is 0 Å². The number of benzene rings is 3. The van der Waals surface area contributed by atoms with Gasteiger partial charge in [-0.15, -0.1) is 0 Å². The molecule has 0 spiro atoms. The van der Waals surface area contributed by atoms with E-state index in [0.29, 0.717) is 5.56 Å². The molecule has 2 nitrogen and oxygen atoms in total. The summed E-state index contributed by atoms with van der Waals surface area (Å²) < 4.78 is 0. The zero-order valence-electron chi connectivity index (χ0n) is 16.0. The molecular weight excluding hydrogens is 340 g/mol. The Morgan fingerprint density at radius 2 is 1.36 bits per heavy atom. The molecule has 28 heavy (non-hydrogen) atoms. The lowest BCUT2D eigenvalue weighted by atomic mass is 9.90. The summed E-state index contributed by atoms with van der Waals surface area (Å²) in [5.41, 5.74) is 9.51. The molecule has 134 valence electrons. The van der Waals surface area contributed by atoms with Crippen LogP contribution >= 0.6 is 0 Å². The van der Waals surface area contributed by atoms with E-state index in [1.807, 2.05) is 49.5 Å². The molecule has 1 aromatic heterocycles. The molecule has 0 radical (unpaired) electrons. The van der Waals surface area contributed by atoms with Crippen LogP contribution in [0.5, 0.6) is 0 Å². The summed E-state index contributed by atoms with van der Waals surface area (Å²) >= 11 is 0. The van der Waals surface area contributed by atoms with Gasteiger partial charge in [-0.1, -0.05) is 60.7 Å². The lowest BCUT2D eigenvalue weighted by molar-refractivity contribution is 1.30. The van der Waals surface area contributed by atoms with Crippen molar-refractivity contribution in [3.05, 3.63) is 102 Å². The predicted octanol–water partition coefficient (Wildman–Crippen LogP) is 6.57. The Balaban J connectivity index is 1.84. The van der Waals surface area contributed by atoms with E-state index < -0.39 is 0 Å². The second kappa shape index (κ2) is 7.50. The van der Waals surface area contributed by atoms with Crippen molar-refractivity contribution < 1.29 is 0 Å². The van der Waals surface area contributed by atoms with Gasteiger partial charge in [-0.2, -0.15) is 5.26 Å². The lowest BCUT2D eigenvalue weighted by Crippen LogP contribution is -1.94. The quantitative estimate of drug-likeness (QED) is 0.414. The molecule has 0 aliphatic carbocycles. The van der Waals surface area contributed by atoms with Crippen molar-refractivity contribution >= 4 is 0 Å². The molecule has 0 unspecified atom stereocenters. The highest BCUT2D eigenvalue weighted by Crippen LogP contribution is 2.34. The number of nitriles is 1. The van der Waals surface area contributed by atoms with Crippen LogP contribution in [0.4, 0.5) is 0 Å². The molecule has 0 amide bonds. The summed E-state index contributed by atoms with van der Waals surface area (Å²) in [5, 5.41) is 9.37. The smallest absolute Gasteiger partial charge is 0.0994 e. The van der Waals surface area contributed by atoms with Gasteiger partial charge in [-0.3, -0.25) is 4.98 Å². The summed E-state index contributed by atoms with van der Waals surface area (Å²) in [5.74, 6) is 0. The van der Waals surface area contributed by atoms with E-state index >= 15 is 0 Å². The van der Waals surface area contributed by atoms with Crippen LogP contribution in [-0.2, 0) is 0 Å². The monoisotopic (exact) mass is 360 g/mol. The van der Waals surface area contributed by atoms with Gasteiger partial charge in [0.25, 0.3) is 0 Å². The summed E-state index contributed by atoms with van der Waals surface area (Å²) in [6.45, 7) is 4.13. The SMILES string of the molecule is Cc1c(C#N)cccc1-c1cccc(-c2cc(-c3ccccc3)ccn2)c1C. The van der Waals surface area contributed by atoms with E-state index in [0.717, 1.165) is 33.5 Å². The normalized spacial score (nSPS) is 10.5. The van der Waals surface area contributed by atoms with Gasteiger partial charge >= 0.3 is 0 Å². The molecule has 0 saturated carbocycles. The molecule has 0 bridgehead atoms. The van der Waals surface area contributed by atoms with Gasteiger partial charge in [0.2, 0.25) is 0 Å². The molecule has 0 saturated heterocycles. The van der Waals surface area contributed by atoms with Crippen molar-refractivity contribution in [3.8, 4) is 39.6 Å². The summed E-state index contributed by atoms with van der Waals surface area (Å²) in [6, 6.07) is 29.0. The second-order valence-corrected chi connectivity index (χ2v) is 6.86. The number of pyridine rings is 1. The summed E-state index contributed by atoms with van der Waals surface area (Å²) in [6.07, 6.45) is 1.87. The molecule has 0 aliphatic rings. The van der Waals surface area contributed by atoms with Gasteiger partial charge in [0, 0.05) is 11.8 Å². The summed E-state index contributed by atoms with van der Waals surface area (Å²) in [4.78, 5) is 4.63. The minimum atomic E-state index is 0.714. The van der Waals surface area contributed by atoms with E-state index in [1.165, 1.54) is 11.1 Å². The Hall–Kier alpha value is -3.70. The fourth-order valence-corrected chi connectivity index (χ4v) is 3.64. The van der Waals surface area contributed by atoms with Gasteiger partial charge in [-0.05, 0) is 65.4 Å². The fourth-order valence-electron chi connectivity index (χ4n) is 3.64. The van der Waals surface area contributed by atoms with E-state index in [4.69, 9.17) is 0 Å². The zero-order chi connectivity index (χ0) is 19.5. The number of hydrogen-bond donors (Lipinski definition) is 0. The molecule has 1 heterocycles. The van der Waals surface area contributed by atoms with Crippen LogP contribution in [0, 0.1) is 25.2 Å². The van der Waals surface area contributed by atoms with E-state index in [2.05, 4.69) is 60.4 Å². The average molecular weight is 360 g/mol. The number of hydrogen-bond acceptors (Lipinski definition) is 2. The van der Waals surface area contributed by atoms with Crippen molar-refractivity contribution in [1.29, 1.82) is 5.26 Å². The maximum atomic E-state index is 9.37. The highest BCUT2D eigenvalue weighted by atomic mass is 14.7. The molecule has 3 aromatic carbocycles. The van der Waals surface area contributed by atoms with Crippen LogP contribution in [0.3, 0.4) is 0 Å². The van der Waals surface area contributed by atoms with Crippen molar-refractivity contribution in [2.75, 3.05) is 0 Å². The Morgan fingerprint density at radius 1 is 0.679 bits per heavy atom. The van der Waals surface area contributed by atoms with Crippen molar-refractivity contribution in [1.82, 2.24) is 4.98 Å². The Labute approximate surface area is 165 Å². The summed E-state index contributed by atoms with van der Waals surface area (Å²) in [7, 11) is 0. The third kappa shape index (κ3) is 3.19. The Kier molecular flexibility index (Phi) is 4.74. The van der Waals surface area contributed by atoms with Crippen molar-refractivity contribution in [2.24, 2.45) is 0 Å². The molecule has 4 aromatic rings. The first-order valence-corrected chi connectivity index (χ1v) is 9.30. The molecular formula is C26H20N2. The molecule has 0 N–H and O–H groups in total. The van der Waals surface area contributed by atoms with E-state index in [1.54, 1.807) is 0 Å². The molecule has 4 rings (SSSR count). The minimum Gasteiger partial charge on any atom is -0.256 e. The van der Waals surface area contributed by atoms with E-state index in [9.17, 15) is 5.26 Å². The number of nitrogens with zero attached hydrogens (tertiary/aromatic N) is 2. The highest BCUT2D eigenvalue weighted by Gasteiger charge is 2.13. The first kappa shape index (κ1) is 17.7. The third-order valence-corrected chi connectivity index (χ3v) is 5.22. The first-order chi connectivity index (χ1) is 13.7. The van der Waals surface area contributed by atoms with Gasteiger partial charge in [-0.25, -0.2) is 0 Å². The zero-order valence-corrected chi connectivity index (χ0v) is 16.0. The maximum absolute atomic E-state index is 9.37. The topological polar surface area (TPSA) is 36.7 Å². The van der Waals surface area contributed by atoms with Crippen molar-refractivity contribution in [2.45, 2.75) is 13.8 Å². The average Bonchev–Trinajstić information content (AvgIpc) is 2.75. The van der Waals surface area contributed by atoms with Crippen molar-refractivity contribution in [3.63, 3.8) is 0 Å². The number of aromatic nitrogens is 1. The lowest BCUT2D eigenvalue weighted by Gasteiger charge is -2.14. The van der Waals surface area contributed by atoms with E-state index in [-0.39, 0.29) is 0 Å². The van der Waals surface area contributed by atoms with Crippen LogP contribution in [0.2, 0.25) is 0 Å². The standard InChI is InChI=1S/C26H20N2/c1-18-22(17-27)10-6-11-23(18)24-12-7-13-25(19(24)2)26-16-21(14-15-28-26)20-8-4-3-5-9-20/h3-16H,1-2H3. The maximum Gasteiger partial charge on any atom is 0.0994 e.